The van der Waals surface area contributed by atoms with Crippen LogP contribution in [-0.4, -0.2) is 12.1 Å². The van der Waals surface area contributed by atoms with Gasteiger partial charge in [-0.3, -0.25) is 0 Å². The SMILES string of the molecule is CCC1CCC(N)C(Oc2ccc(C)c(F)c2)C1. The van der Waals surface area contributed by atoms with Crippen LogP contribution in [0.5, 0.6) is 5.75 Å². The van der Waals surface area contributed by atoms with Crippen molar-refractivity contribution in [2.45, 2.75) is 51.7 Å². The molecule has 0 aliphatic heterocycles. The number of ether oxygens (including phenoxy) is 1. The summed E-state index contributed by atoms with van der Waals surface area (Å²) in [5, 5.41) is 0. The Balaban J connectivity index is 2.04. The first-order valence-corrected chi connectivity index (χ1v) is 6.78. The smallest absolute Gasteiger partial charge is 0.129 e. The van der Waals surface area contributed by atoms with E-state index in [0.717, 1.165) is 19.3 Å². The number of hydrogen-bond donors (Lipinski definition) is 1. The fraction of sp³-hybridized carbons (Fsp3) is 0.600. The van der Waals surface area contributed by atoms with Crippen molar-refractivity contribution in [3.63, 3.8) is 0 Å². The Morgan fingerprint density at radius 3 is 2.83 bits per heavy atom. The fourth-order valence-corrected chi connectivity index (χ4v) is 2.56. The van der Waals surface area contributed by atoms with Crippen molar-refractivity contribution in [1.29, 1.82) is 0 Å². The van der Waals surface area contributed by atoms with Gasteiger partial charge in [-0.05, 0) is 43.7 Å². The number of hydrogen-bond acceptors (Lipinski definition) is 2. The molecule has 1 aromatic carbocycles. The first kappa shape index (κ1) is 13.3. The van der Waals surface area contributed by atoms with Gasteiger partial charge in [0, 0.05) is 12.1 Å². The van der Waals surface area contributed by atoms with E-state index in [1.165, 1.54) is 12.5 Å². The van der Waals surface area contributed by atoms with Gasteiger partial charge in [0.25, 0.3) is 0 Å². The molecule has 1 aliphatic carbocycles. The number of nitrogens with two attached hydrogens (primary N) is 1. The highest BCUT2D eigenvalue weighted by atomic mass is 19.1. The van der Waals surface area contributed by atoms with E-state index in [4.69, 9.17) is 10.5 Å². The third-order valence-electron chi connectivity index (χ3n) is 3.96. The van der Waals surface area contributed by atoms with E-state index in [2.05, 4.69) is 6.92 Å². The molecule has 1 aromatic rings. The molecule has 18 heavy (non-hydrogen) atoms. The highest BCUT2D eigenvalue weighted by Crippen LogP contribution is 2.29. The fourth-order valence-electron chi connectivity index (χ4n) is 2.56. The average Bonchev–Trinajstić information content (AvgIpc) is 2.36. The van der Waals surface area contributed by atoms with Crippen LogP contribution >= 0.6 is 0 Å². The summed E-state index contributed by atoms with van der Waals surface area (Å²) in [6.07, 6.45) is 4.34. The lowest BCUT2D eigenvalue weighted by molar-refractivity contribution is 0.101. The predicted molar refractivity (Wildman–Crippen MR) is 71.2 cm³/mol. The predicted octanol–water partition coefficient (Wildman–Crippen LogP) is 3.42. The van der Waals surface area contributed by atoms with E-state index in [1.807, 2.05) is 6.07 Å². The number of aryl methyl sites for hydroxylation is 1. The maximum atomic E-state index is 13.5. The Kier molecular flexibility index (Phi) is 4.23. The summed E-state index contributed by atoms with van der Waals surface area (Å²) < 4.78 is 19.3. The molecule has 0 radical (unpaired) electrons. The van der Waals surface area contributed by atoms with Crippen LogP contribution < -0.4 is 10.5 Å². The molecule has 0 amide bonds. The van der Waals surface area contributed by atoms with Crippen LogP contribution in [0, 0.1) is 18.7 Å². The number of halogens is 1. The number of rotatable bonds is 3. The van der Waals surface area contributed by atoms with Crippen molar-refractivity contribution >= 4 is 0 Å². The summed E-state index contributed by atoms with van der Waals surface area (Å²) in [5.41, 5.74) is 6.73. The Morgan fingerprint density at radius 1 is 1.39 bits per heavy atom. The van der Waals surface area contributed by atoms with Gasteiger partial charge >= 0.3 is 0 Å². The zero-order valence-electron chi connectivity index (χ0n) is 11.2. The van der Waals surface area contributed by atoms with Crippen molar-refractivity contribution < 1.29 is 9.13 Å². The largest absolute Gasteiger partial charge is 0.489 e. The average molecular weight is 251 g/mol. The van der Waals surface area contributed by atoms with Gasteiger partial charge in [0.15, 0.2) is 0 Å². The summed E-state index contributed by atoms with van der Waals surface area (Å²) in [6, 6.07) is 5.09. The van der Waals surface area contributed by atoms with Crippen molar-refractivity contribution in [2.75, 3.05) is 0 Å². The molecular weight excluding hydrogens is 229 g/mol. The zero-order chi connectivity index (χ0) is 13.1. The van der Waals surface area contributed by atoms with Gasteiger partial charge in [0.2, 0.25) is 0 Å². The third-order valence-corrected chi connectivity index (χ3v) is 3.96. The quantitative estimate of drug-likeness (QED) is 0.893. The Morgan fingerprint density at radius 2 is 2.17 bits per heavy atom. The van der Waals surface area contributed by atoms with E-state index >= 15 is 0 Å². The first-order chi connectivity index (χ1) is 8.60. The monoisotopic (exact) mass is 251 g/mol. The Labute approximate surface area is 108 Å². The maximum absolute atomic E-state index is 13.5. The standard InChI is InChI=1S/C15H22FNO/c1-3-11-5-7-14(17)15(8-11)18-12-6-4-10(2)13(16)9-12/h4,6,9,11,14-15H,3,5,7-8,17H2,1-2H3. The van der Waals surface area contributed by atoms with Crippen molar-refractivity contribution in [2.24, 2.45) is 11.7 Å². The van der Waals surface area contributed by atoms with Crippen LogP contribution in [0.4, 0.5) is 4.39 Å². The van der Waals surface area contributed by atoms with Crippen LogP contribution in [0.3, 0.4) is 0 Å². The van der Waals surface area contributed by atoms with Crippen LogP contribution in [-0.2, 0) is 0 Å². The summed E-state index contributed by atoms with van der Waals surface area (Å²) in [7, 11) is 0. The minimum absolute atomic E-state index is 0.0193. The molecule has 1 saturated carbocycles. The molecule has 100 valence electrons. The molecule has 3 heteroatoms. The summed E-state index contributed by atoms with van der Waals surface area (Å²) in [5.74, 6) is 1.06. The second kappa shape index (κ2) is 5.70. The van der Waals surface area contributed by atoms with Crippen molar-refractivity contribution in [3.8, 4) is 5.75 Å². The van der Waals surface area contributed by atoms with Gasteiger partial charge in [-0.15, -0.1) is 0 Å². The van der Waals surface area contributed by atoms with E-state index in [1.54, 1.807) is 13.0 Å². The highest BCUT2D eigenvalue weighted by molar-refractivity contribution is 5.28. The van der Waals surface area contributed by atoms with Crippen molar-refractivity contribution in [3.05, 3.63) is 29.6 Å². The van der Waals surface area contributed by atoms with Gasteiger partial charge in [-0.1, -0.05) is 19.4 Å². The molecule has 2 N–H and O–H groups in total. The third kappa shape index (κ3) is 3.02. The van der Waals surface area contributed by atoms with E-state index in [-0.39, 0.29) is 18.0 Å². The normalized spacial score (nSPS) is 28.1. The van der Waals surface area contributed by atoms with Crippen LogP contribution in [0.25, 0.3) is 0 Å². The molecule has 3 unspecified atom stereocenters. The molecule has 1 fully saturated rings. The summed E-state index contributed by atoms with van der Waals surface area (Å²) in [4.78, 5) is 0. The van der Waals surface area contributed by atoms with Gasteiger partial charge in [0.05, 0.1) is 0 Å². The Bertz CT molecular complexity index is 407. The van der Waals surface area contributed by atoms with Gasteiger partial charge in [-0.2, -0.15) is 0 Å². The van der Waals surface area contributed by atoms with Gasteiger partial charge in [0.1, 0.15) is 17.7 Å². The minimum Gasteiger partial charge on any atom is -0.489 e. The van der Waals surface area contributed by atoms with Crippen molar-refractivity contribution in [1.82, 2.24) is 0 Å². The molecule has 1 aliphatic rings. The van der Waals surface area contributed by atoms with Crippen LogP contribution in [0.15, 0.2) is 18.2 Å². The molecule has 0 saturated heterocycles. The molecule has 2 nitrogen and oxygen atoms in total. The van der Waals surface area contributed by atoms with Crippen LogP contribution in [0.1, 0.15) is 38.2 Å². The lowest BCUT2D eigenvalue weighted by Gasteiger charge is -2.33. The molecule has 3 atom stereocenters. The summed E-state index contributed by atoms with van der Waals surface area (Å²) >= 11 is 0. The highest BCUT2D eigenvalue weighted by Gasteiger charge is 2.28. The topological polar surface area (TPSA) is 35.2 Å². The second-order valence-corrected chi connectivity index (χ2v) is 5.32. The van der Waals surface area contributed by atoms with E-state index in [0.29, 0.717) is 17.2 Å². The van der Waals surface area contributed by atoms with E-state index < -0.39 is 0 Å². The zero-order valence-corrected chi connectivity index (χ0v) is 11.2. The lowest BCUT2D eigenvalue weighted by atomic mass is 9.83. The molecule has 2 rings (SSSR count). The number of benzene rings is 1. The van der Waals surface area contributed by atoms with Gasteiger partial charge in [-0.25, -0.2) is 4.39 Å². The van der Waals surface area contributed by atoms with Crippen LogP contribution in [0.2, 0.25) is 0 Å². The maximum Gasteiger partial charge on any atom is 0.129 e. The Hall–Kier alpha value is -1.09. The lowest BCUT2D eigenvalue weighted by Crippen LogP contribution is -2.43. The molecule has 0 bridgehead atoms. The van der Waals surface area contributed by atoms with Gasteiger partial charge < -0.3 is 10.5 Å². The minimum atomic E-state index is -0.219. The summed E-state index contributed by atoms with van der Waals surface area (Å²) in [6.45, 7) is 3.95. The molecule has 0 aromatic heterocycles. The second-order valence-electron chi connectivity index (χ2n) is 5.32. The first-order valence-electron chi connectivity index (χ1n) is 6.78. The molecule has 0 spiro atoms. The molecular formula is C15H22FNO. The van der Waals surface area contributed by atoms with E-state index in [9.17, 15) is 4.39 Å². The molecule has 0 heterocycles.